The molecular weight excluding hydrogens is 372 g/mol. The van der Waals surface area contributed by atoms with Gasteiger partial charge in [0.1, 0.15) is 0 Å². The Bertz CT molecular complexity index is 692. The van der Waals surface area contributed by atoms with Gasteiger partial charge in [-0.1, -0.05) is 13.3 Å². The van der Waals surface area contributed by atoms with E-state index < -0.39 is 20.5 Å². The van der Waals surface area contributed by atoms with Crippen molar-refractivity contribution in [2.24, 2.45) is 5.73 Å². The van der Waals surface area contributed by atoms with Gasteiger partial charge in [-0.15, -0.1) is 12.4 Å². The van der Waals surface area contributed by atoms with Gasteiger partial charge in [0.05, 0.1) is 15.4 Å². The molecule has 4 N–H and O–H groups in total. The predicted molar refractivity (Wildman–Crippen MR) is 96.0 cm³/mol. The van der Waals surface area contributed by atoms with Gasteiger partial charge < -0.3 is 11.1 Å². The van der Waals surface area contributed by atoms with Crippen molar-refractivity contribution in [2.45, 2.75) is 37.1 Å². The zero-order valence-corrected chi connectivity index (χ0v) is 15.7. The Labute approximate surface area is 153 Å². The Balaban J connectivity index is 0.00000576. The van der Waals surface area contributed by atoms with Gasteiger partial charge in [-0.25, -0.2) is 13.1 Å². The van der Waals surface area contributed by atoms with Crippen molar-refractivity contribution >= 4 is 34.0 Å². The summed E-state index contributed by atoms with van der Waals surface area (Å²) in [5.41, 5.74) is 4.67. The van der Waals surface area contributed by atoms with Crippen molar-refractivity contribution < 1.29 is 18.1 Å². The van der Waals surface area contributed by atoms with E-state index in [1.54, 1.807) is 6.92 Å². The lowest BCUT2D eigenvalue weighted by atomic mass is 9.97. The summed E-state index contributed by atoms with van der Waals surface area (Å²) in [4.78, 5) is 21.7. The monoisotopic (exact) mass is 394 g/mol. The Morgan fingerprint density at radius 2 is 1.84 bits per heavy atom. The molecule has 9 nitrogen and oxygen atoms in total. The standard InChI is InChI=1S/C14H22N4O5S.ClH/c1-3-8-14(2,15)13(19)16-9-10-17-24(22,23)12-6-4-11(5-7-12)18(20)21;/h4-7,17H,3,8-10,15H2,1-2H3,(H,16,19);1H. The van der Waals surface area contributed by atoms with Crippen LogP contribution in [0.15, 0.2) is 29.2 Å². The Morgan fingerprint density at radius 1 is 1.28 bits per heavy atom. The molecule has 0 fully saturated rings. The number of nitrogens with two attached hydrogens (primary N) is 1. The third-order valence-electron chi connectivity index (χ3n) is 3.35. The average molecular weight is 395 g/mol. The van der Waals surface area contributed by atoms with E-state index in [0.29, 0.717) is 6.42 Å². The zero-order valence-electron chi connectivity index (χ0n) is 14.0. The minimum Gasteiger partial charge on any atom is -0.353 e. The van der Waals surface area contributed by atoms with Gasteiger partial charge in [0.25, 0.3) is 5.69 Å². The molecule has 0 bridgehead atoms. The maximum Gasteiger partial charge on any atom is 0.269 e. The smallest absolute Gasteiger partial charge is 0.269 e. The maximum absolute atomic E-state index is 12.0. The normalized spacial score (nSPS) is 13.4. The number of carbonyl (C=O) groups excluding carboxylic acids is 1. The summed E-state index contributed by atoms with van der Waals surface area (Å²) < 4.78 is 26.4. The summed E-state index contributed by atoms with van der Waals surface area (Å²) in [6, 6.07) is 4.52. The molecular formula is C14H23ClN4O5S. The second-order valence-electron chi connectivity index (χ2n) is 5.57. The highest BCUT2D eigenvalue weighted by Crippen LogP contribution is 2.15. The number of nitrogens with zero attached hydrogens (tertiary/aromatic N) is 1. The van der Waals surface area contributed by atoms with E-state index in [1.165, 1.54) is 0 Å². The number of hydrogen-bond donors (Lipinski definition) is 3. The molecule has 25 heavy (non-hydrogen) atoms. The lowest BCUT2D eigenvalue weighted by Crippen LogP contribution is -2.52. The van der Waals surface area contributed by atoms with Crippen molar-refractivity contribution in [2.75, 3.05) is 13.1 Å². The van der Waals surface area contributed by atoms with Crippen molar-refractivity contribution in [1.29, 1.82) is 0 Å². The number of carbonyl (C=O) groups is 1. The second-order valence-corrected chi connectivity index (χ2v) is 7.34. The van der Waals surface area contributed by atoms with Crippen LogP contribution in [0.2, 0.25) is 0 Å². The lowest BCUT2D eigenvalue weighted by molar-refractivity contribution is -0.384. The van der Waals surface area contributed by atoms with Gasteiger partial charge >= 0.3 is 0 Å². The predicted octanol–water partition coefficient (Wildman–Crippen LogP) is 0.929. The van der Waals surface area contributed by atoms with E-state index in [-0.39, 0.29) is 42.0 Å². The van der Waals surface area contributed by atoms with E-state index in [9.17, 15) is 23.3 Å². The highest BCUT2D eigenvalue weighted by Gasteiger charge is 2.26. The first-order valence-electron chi connectivity index (χ1n) is 7.41. The molecule has 0 spiro atoms. The summed E-state index contributed by atoms with van der Waals surface area (Å²) >= 11 is 0. The number of hydrogen-bond acceptors (Lipinski definition) is 6. The number of nitro benzene ring substituents is 1. The molecule has 1 unspecified atom stereocenters. The van der Waals surface area contributed by atoms with Crippen LogP contribution in [-0.2, 0) is 14.8 Å². The molecule has 0 saturated heterocycles. The lowest BCUT2D eigenvalue weighted by Gasteiger charge is -2.22. The second kappa shape index (κ2) is 9.66. The van der Waals surface area contributed by atoms with E-state index in [0.717, 1.165) is 30.7 Å². The fourth-order valence-electron chi connectivity index (χ4n) is 2.03. The Hall–Kier alpha value is -1.75. The van der Waals surface area contributed by atoms with Crippen molar-refractivity contribution in [3.8, 4) is 0 Å². The number of benzene rings is 1. The molecule has 142 valence electrons. The molecule has 0 aliphatic heterocycles. The molecule has 0 saturated carbocycles. The average Bonchev–Trinajstić information content (AvgIpc) is 2.51. The number of nitrogens with one attached hydrogen (secondary N) is 2. The third kappa shape index (κ3) is 6.94. The molecule has 0 aliphatic carbocycles. The number of non-ortho nitro benzene ring substituents is 1. The van der Waals surface area contributed by atoms with Crippen LogP contribution in [0, 0.1) is 10.1 Å². The van der Waals surface area contributed by atoms with Crippen LogP contribution in [0.25, 0.3) is 0 Å². The molecule has 0 radical (unpaired) electrons. The summed E-state index contributed by atoms with van der Waals surface area (Å²) in [5, 5.41) is 13.1. The van der Waals surface area contributed by atoms with Gasteiger partial charge in [0, 0.05) is 25.2 Å². The van der Waals surface area contributed by atoms with E-state index in [4.69, 9.17) is 5.73 Å². The molecule has 11 heteroatoms. The first-order chi connectivity index (χ1) is 11.1. The first-order valence-corrected chi connectivity index (χ1v) is 8.90. The van der Waals surface area contributed by atoms with Crippen molar-refractivity contribution in [3.63, 3.8) is 0 Å². The van der Waals surface area contributed by atoms with Gasteiger partial charge in [0.15, 0.2) is 0 Å². The number of nitro groups is 1. The summed E-state index contributed by atoms with van der Waals surface area (Å²) in [5.74, 6) is -0.348. The highest BCUT2D eigenvalue weighted by atomic mass is 35.5. The number of halogens is 1. The van der Waals surface area contributed by atoms with Crippen LogP contribution in [0.4, 0.5) is 5.69 Å². The van der Waals surface area contributed by atoms with Crippen LogP contribution in [0.1, 0.15) is 26.7 Å². The summed E-state index contributed by atoms with van der Waals surface area (Å²) in [7, 11) is -3.80. The zero-order chi connectivity index (χ0) is 18.4. The Morgan fingerprint density at radius 3 is 2.32 bits per heavy atom. The maximum atomic E-state index is 12.0. The molecule has 1 amide bonds. The van der Waals surface area contributed by atoms with Gasteiger partial charge in [-0.05, 0) is 25.5 Å². The van der Waals surface area contributed by atoms with Crippen LogP contribution in [0.5, 0.6) is 0 Å². The number of amides is 1. The highest BCUT2D eigenvalue weighted by molar-refractivity contribution is 7.89. The molecule has 0 aliphatic rings. The van der Waals surface area contributed by atoms with E-state index >= 15 is 0 Å². The van der Waals surface area contributed by atoms with E-state index in [1.807, 2.05) is 6.92 Å². The molecule has 0 aromatic heterocycles. The van der Waals surface area contributed by atoms with Crippen molar-refractivity contribution in [1.82, 2.24) is 10.0 Å². The van der Waals surface area contributed by atoms with Crippen LogP contribution in [0.3, 0.4) is 0 Å². The SMILES string of the molecule is CCCC(C)(N)C(=O)NCCNS(=O)(=O)c1ccc([N+](=O)[O-])cc1.Cl. The summed E-state index contributed by atoms with van der Waals surface area (Å²) in [6.07, 6.45) is 1.28. The molecule has 0 heterocycles. The fourth-order valence-corrected chi connectivity index (χ4v) is 3.06. The van der Waals surface area contributed by atoms with Gasteiger partial charge in [-0.3, -0.25) is 14.9 Å². The van der Waals surface area contributed by atoms with Crippen LogP contribution >= 0.6 is 12.4 Å². The van der Waals surface area contributed by atoms with Crippen LogP contribution in [-0.4, -0.2) is 37.9 Å². The molecule has 1 aromatic rings. The topological polar surface area (TPSA) is 144 Å². The number of sulfonamides is 1. The Kier molecular flexibility index (Phi) is 8.98. The summed E-state index contributed by atoms with van der Waals surface area (Å²) in [6.45, 7) is 3.60. The first kappa shape index (κ1) is 23.2. The van der Waals surface area contributed by atoms with Crippen molar-refractivity contribution in [3.05, 3.63) is 34.4 Å². The minimum absolute atomic E-state index is 0. The minimum atomic E-state index is -3.80. The number of rotatable bonds is 9. The van der Waals surface area contributed by atoms with Gasteiger partial charge in [-0.2, -0.15) is 0 Å². The third-order valence-corrected chi connectivity index (χ3v) is 4.83. The van der Waals surface area contributed by atoms with Gasteiger partial charge in [0.2, 0.25) is 15.9 Å². The quantitative estimate of drug-likeness (QED) is 0.322. The largest absolute Gasteiger partial charge is 0.353 e. The molecule has 1 rings (SSSR count). The molecule has 1 aromatic carbocycles. The van der Waals surface area contributed by atoms with Crippen LogP contribution < -0.4 is 15.8 Å². The molecule has 1 atom stereocenters. The fraction of sp³-hybridized carbons (Fsp3) is 0.500. The van der Waals surface area contributed by atoms with E-state index in [2.05, 4.69) is 10.0 Å².